The van der Waals surface area contributed by atoms with Crippen molar-refractivity contribution >= 4 is 20.1 Å². The van der Waals surface area contributed by atoms with Crippen molar-refractivity contribution in [1.82, 2.24) is 9.62 Å². The van der Waals surface area contributed by atoms with Crippen LogP contribution in [-0.2, 0) is 20.1 Å². The van der Waals surface area contributed by atoms with E-state index in [-0.39, 0.29) is 12.1 Å². The molecule has 0 aliphatic carbocycles. The molecule has 0 aliphatic heterocycles. The molecule has 0 radical (unpaired) electrons. The average Bonchev–Trinajstić information content (AvgIpc) is 2.50. The van der Waals surface area contributed by atoms with Crippen molar-refractivity contribution in [1.29, 1.82) is 0 Å². The van der Waals surface area contributed by atoms with Gasteiger partial charge in [-0.2, -0.15) is 21.6 Å². The number of alkyl halides is 3. The Kier molecular flexibility index (Phi) is 7.45. The van der Waals surface area contributed by atoms with Crippen LogP contribution in [0.3, 0.4) is 0 Å². The Balaban J connectivity index is 2.78. The highest BCUT2D eigenvalue weighted by Gasteiger charge is 2.48. The van der Waals surface area contributed by atoms with Crippen LogP contribution >= 0.6 is 0 Å². The highest BCUT2D eigenvalue weighted by atomic mass is 32.2. The van der Waals surface area contributed by atoms with Gasteiger partial charge in [0.05, 0.1) is 5.25 Å². The standard InChI is InChI=1S/C14H21F3N2O5S2/c1-11(25(20,21)18-9-4-10-19(2)3)12-5-7-13(8-6-12)24-26(22,23)14(15,16)17/h5-8,11,18H,4,9-10H2,1-3H3. The summed E-state index contributed by atoms with van der Waals surface area (Å²) in [6.07, 6.45) is 0.612. The maximum absolute atomic E-state index is 12.3. The molecule has 1 aromatic carbocycles. The second-order valence-electron chi connectivity index (χ2n) is 5.79. The molecule has 1 atom stereocenters. The van der Waals surface area contributed by atoms with Gasteiger partial charge in [0.1, 0.15) is 5.75 Å². The molecule has 7 nitrogen and oxygen atoms in total. The van der Waals surface area contributed by atoms with Crippen LogP contribution in [0.1, 0.15) is 24.2 Å². The number of nitrogens with one attached hydrogen (secondary N) is 1. The van der Waals surface area contributed by atoms with Gasteiger partial charge in [-0.25, -0.2) is 13.1 Å². The zero-order chi connectivity index (χ0) is 20.2. The third-order valence-corrected chi connectivity index (χ3v) is 6.18. The second-order valence-corrected chi connectivity index (χ2v) is 9.41. The van der Waals surface area contributed by atoms with Gasteiger partial charge in [0.15, 0.2) is 0 Å². The summed E-state index contributed by atoms with van der Waals surface area (Å²) in [5.74, 6) is -0.561. The first-order valence-corrected chi connectivity index (χ1v) is 10.5. The summed E-state index contributed by atoms with van der Waals surface area (Å²) in [5.41, 5.74) is -5.26. The molecule has 0 aromatic heterocycles. The smallest absolute Gasteiger partial charge is 0.376 e. The minimum atomic E-state index is -5.77. The molecule has 26 heavy (non-hydrogen) atoms. The van der Waals surface area contributed by atoms with Gasteiger partial charge in [-0.15, -0.1) is 0 Å². The van der Waals surface area contributed by atoms with Crippen LogP contribution < -0.4 is 8.91 Å². The van der Waals surface area contributed by atoms with E-state index in [1.54, 1.807) is 0 Å². The fourth-order valence-corrected chi connectivity index (χ4v) is 3.54. The van der Waals surface area contributed by atoms with Crippen LogP contribution in [0.4, 0.5) is 13.2 Å². The number of benzene rings is 1. The predicted molar refractivity (Wildman–Crippen MR) is 90.6 cm³/mol. The lowest BCUT2D eigenvalue weighted by atomic mass is 10.2. The summed E-state index contributed by atoms with van der Waals surface area (Å²) in [6, 6.07) is 4.34. The Labute approximate surface area is 151 Å². The highest BCUT2D eigenvalue weighted by molar-refractivity contribution is 7.89. The highest BCUT2D eigenvalue weighted by Crippen LogP contribution is 2.28. The van der Waals surface area contributed by atoms with Crippen molar-refractivity contribution < 1.29 is 34.2 Å². The number of hydrogen-bond donors (Lipinski definition) is 1. The van der Waals surface area contributed by atoms with Crippen LogP contribution in [-0.4, -0.2) is 54.4 Å². The fraction of sp³-hybridized carbons (Fsp3) is 0.571. The molecule has 1 N–H and O–H groups in total. The quantitative estimate of drug-likeness (QED) is 0.374. The van der Waals surface area contributed by atoms with Crippen molar-refractivity contribution in [3.63, 3.8) is 0 Å². The molecule has 12 heteroatoms. The monoisotopic (exact) mass is 418 g/mol. The van der Waals surface area contributed by atoms with Gasteiger partial charge < -0.3 is 9.08 Å². The van der Waals surface area contributed by atoms with Crippen LogP contribution in [0.2, 0.25) is 0 Å². The van der Waals surface area contributed by atoms with E-state index in [1.807, 2.05) is 19.0 Å². The zero-order valence-electron chi connectivity index (χ0n) is 14.4. The topological polar surface area (TPSA) is 92.8 Å². The minimum Gasteiger partial charge on any atom is -0.376 e. The molecule has 1 aromatic rings. The van der Waals surface area contributed by atoms with E-state index in [1.165, 1.54) is 19.1 Å². The van der Waals surface area contributed by atoms with Crippen LogP contribution in [0.5, 0.6) is 5.75 Å². The van der Waals surface area contributed by atoms with Gasteiger partial charge in [-0.05, 0) is 51.7 Å². The molecule has 150 valence electrons. The third kappa shape index (κ3) is 6.41. The molecular formula is C14H21F3N2O5S2. The molecular weight excluding hydrogens is 397 g/mol. The third-order valence-electron chi connectivity index (χ3n) is 3.39. The Morgan fingerprint density at radius 1 is 1.12 bits per heavy atom. The Hall–Kier alpha value is -1.37. The van der Waals surface area contributed by atoms with E-state index in [4.69, 9.17) is 0 Å². The Morgan fingerprint density at radius 2 is 1.65 bits per heavy atom. The molecule has 0 amide bonds. The zero-order valence-corrected chi connectivity index (χ0v) is 16.1. The van der Waals surface area contributed by atoms with Crippen molar-refractivity contribution in [2.75, 3.05) is 27.2 Å². The summed E-state index contributed by atoms with van der Waals surface area (Å²) < 4.78 is 89.6. The largest absolute Gasteiger partial charge is 0.534 e. The Morgan fingerprint density at radius 3 is 2.12 bits per heavy atom. The van der Waals surface area contributed by atoms with Crippen LogP contribution in [0.25, 0.3) is 0 Å². The molecule has 0 aliphatic rings. The number of rotatable bonds is 9. The number of halogens is 3. The molecule has 0 bridgehead atoms. The molecule has 0 spiro atoms. The lowest BCUT2D eigenvalue weighted by molar-refractivity contribution is -0.0500. The molecule has 0 saturated heterocycles. The van der Waals surface area contributed by atoms with E-state index in [0.717, 1.165) is 12.1 Å². The van der Waals surface area contributed by atoms with Crippen molar-refractivity contribution in [2.45, 2.75) is 24.1 Å². The number of hydrogen-bond acceptors (Lipinski definition) is 6. The van der Waals surface area contributed by atoms with E-state index in [0.29, 0.717) is 13.0 Å². The lowest BCUT2D eigenvalue weighted by Crippen LogP contribution is -2.30. The molecule has 0 fully saturated rings. The van der Waals surface area contributed by atoms with Gasteiger partial charge in [0.25, 0.3) is 0 Å². The molecule has 1 unspecified atom stereocenters. The lowest BCUT2D eigenvalue weighted by Gasteiger charge is -2.16. The van der Waals surface area contributed by atoms with Gasteiger partial charge in [-0.3, -0.25) is 0 Å². The molecule has 0 heterocycles. The average molecular weight is 418 g/mol. The summed E-state index contributed by atoms with van der Waals surface area (Å²) in [6.45, 7) is 2.36. The summed E-state index contributed by atoms with van der Waals surface area (Å²) >= 11 is 0. The first-order valence-electron chi connectivity index (χ1n) is 7.50. The van der Waals surface area contributed by atoms with Crippen LogP contribution in [0.15, 0.2) is 24.3 Å². The Bertz CT molecular complexity index is 791. The SMILES string of the molecule is CC(c1ccc(OS(=O)(=O)C(F)(F)F)cc1)S(=O)(=O)NCCCN(C)C. The molecule has 0 saturated carbocycles. The summed E-state index contributed by atoms with van der Waals surface area (Å²) in [5, 5.41) is -0.977. The van der Waals surface area contributed by atoms with Gasteiger partial charge >= 0.3 is 15.6 Å². The van der Waals surface area contributed by atoms with Gasteiger partial charge in [0.2, 0.25) is 10.0 Å². The summed E-state index contributed by atoms with van der Waals surface area (Å²) in [4.78, 5) is 1.91. The van der Waals surface area contributed by atoms with E-state index < -0.39 is 36.6 Å². The normalized spacial score (nSPS) is 14.4. The maximum atomic E-state index is 12.3. The van der Waals surface area contributed by atoms with E-state index in [9.17, 15) is 30.0 Å². The number of nitrogens with zero attached hydrogens (tertiary/aromatic N) is 1. The minimum absolute atomic E-state index is 0.246. The van der Waals surface area contributed by atoms with Gasteiger partial charge in [-0.1, -0.05) is 12.1 Å². The first kappa shape index (κ1) is 22.7. The molecule has 1 rings (SSSR count). The van der Waals surface area contributed by atoms with Crippen molar-refractivity contribution in [3.8, 4) is 5.75 Å². The summed E-state index contributed by atoms with van der Waals surface area (Å²) in [7, 11) is -5.74. The first-order chi connectivity index (χ1) is 11.8. The van der Waals surface area contributed by atoms with E-state index in [2.05, 4.69) is 8.91 Å². The van der Waals surface area contributed by atoms with Crippen molar-refractivity contribution in [2.24, 2.45) is 0 Å². The van der Waals surface area contributed by atoms with Crippen molar-refractivity contribution in [3.05, 3.63) is 29.8 Å². The fourth-order valence-electron chi connectivity index (χ4n) is 1.88. The van der Waals surface area contributed by atoms with Gasteiger partial charge in [0, 0.05) is 6.54 Å². The van der Waals surface area contributed by atoms with Crippen LogP contribution in [0, 0.1) is 0 Å². The van der Waals surface area contributed by atoms with E-state index >= 15 is 0 Å². The maximum Gasteiger partial charge on any atom is 0.534 e. The second kappa shape index (κ2) is 8.55. The number of sulfonamides is 1. The predicted octanol–water partition coefficient (Wildman–Crippen LogP) is 1.85.